The fourth-order valence-corrected chi connectivity index (χ4v) is 3.13. The number of imidazole rings is 1. The maximum atomic E-state index is 11.6. The Labute approximate surface area is 160 Å². The smallest absolute Gasteiger partial charge is 0.407 e. The van der Waals surface area contributed by atoms with Gasteiger partial charge in [0.25, 0.3) is 0 Å². The minimum atomic E-state index is -0.834. The van der Waals surface area contributed by atoms with Crippen molar-refractivity contribution in [1.29, 1.82) is 0 Å². The second-order valence-corrected chi connectivity index (χ2v) is 8.05. The van der Waals surface area contributed by atoms with Crippen molar-refractivity contribution in [3.8, 4) is 0 Å². The van der Waals surface area contributed by atoms with Crippen LogP contribution in [0.15, 0.2) is 24.7 Å². The summed E-state index contributed by atoms with van der Waals surface area (Å²) in [5.41, 5.74) is 0.251. The number of alkyl carbamates (subject to hydrolysis) is 1. The van der Waals surface area contributed by atoms with Crippen molar-refractivity contribution in [2.45, 2.75) is 70.9 Å². The van der Waals surface area contributed by atoms with Crippen molar-refractivity contribution in [3.05, 3.63) is 30.4 Å². The number of aromatic nitrogens is 2. The Morgan fingerprint density at radius 2 is 2.22 bits per heavy atom. The number of carboxylic acids is 1. The summed E-state index contributed by atoms with van der Waals surface area (Å²) >= 11 is 0. The van der Waals surface area contributed by atoms with Gasteiger partial charge < -0.3 is 19.7 Å². The van der Waals surface area contributed by atoms with Crippen LogP contribution < -0.4 is 5.32 Å². The summed E-state index contributed by atoms with van der Waals surface area (Å²) in [6.45, 7) is 5.79. The van der Waals surface area contributed by atoms with Gasteiger partial charge in [0.15, 0.2) is 0 Å². The van der Waals surface area contributed by atoms with Crippen LogP contribution in [0.25, 0.3) is 0 Å². The molecule has 0 aromatic carbocycles. The molecule has 0 bridgehead atoms. The van der Waals surface area contributed by atoms with Crippen molar-refractivity contribution in [2.24, 2.45) is 5.92 Å². The molecule has 150 valence electrons. The van der Waals surface area contributed by atoms with Crippen molar-refractivity contribution >= 4 is 12.1 Å². The third-order valence-corrected chi connectivity index (χ3v) is 4.47. The lowest BCUT2D eigenvalue weighted by Gasteiger charge is -2.19. The fourth-order valence-electron chi connectivity index (χ4n) is 3.13. The number of amides is 1. The predicted molar refractivity (Wildman–Crippen MR) is 103 cm³/mol. The van der Waals surface area contributed by atoms with Gasteiger partial charge in [0.2, 0.25) is 0 Å². The first-order valence-corrected chi connectivity index (χ1v) is 9.63. The SMILES string of the molecule is CC(C)(C)OC(=O)NCCCC(Cc1cn(C2C=CCCC2)cn1)C(=O)O. The van der Waals surface area contributed by atoms with Gasteiger partial charge in [-0.05, 0) is 52.9 Å². The molecule has 0 saturated heterocycles. The Morgan fingerprint density at radius 1 is 1.44 bits per heavy atom. The van der Waals surface area contributed by atoms with Gasteiger partial charge in [-0.2, -0.15) is 0 Å². The molecule has 0 fully saturated rings. The molecule has 1 heterocycles. The minimum absolute atomic E-state index is 0.321. The minimum Gasteiger partial charge on any atom is -0.481 e. The van der Waals surface area contributed by atoms with Crippen LogP contribution in [0, 0.1) is 5.92 Å². The first-order chi connectivity index (χ1) is 12.7. The quantitative estimate of drug-likeness (QED) is 0.532. The van der Waals surface area contributed by atoms with Gasteiger partial charge in [-0.15, -0.1) is 0 Å². The highest BCUT2D eigenvalue weighted by atomic mass is 16.6. The van der Waals surface area contributed by atoms with E-state index in [-0.39, 0.29) is 0 Å². The third kappa shape index (κ3) is 7.45. The Morgan fingerprint density at radius 3 is 2.85 bits per heavy atom. The number of carbonyl (C=O) groups is 2. The summed E-state index contributed by atoms with van der Waals surface area (Å²) in [5, 5.41) is 12.2. The van der Waals surface area contributed by atoms with Gasteiger partial charge in [-0.1, -0.05) is 12.2 Å². The molecule has 7 nitrogen and oxygen atoms in total. The van der Waals surface area contributed by atoms with E-state index in [4.69, 9.17) is 4.74 Å². The number of carboxylic acid groups (broad SMARTS) is 1. The molecule has 27 heavy (non-hydrogen) atoms. The van der Waals surface area contributed by atoms with E-state index >= 15 is 0 Å². The monoisotopic (exact) mass is 377 g/mol. The molecule has 0 radical (unpaired) electrons. The van der Waals surface area contributed by atoms with Crippen LogP contribution >= 0.6 is 0 Å². The number of nitrogens with zero attached hydrogens (tertiary/aromatic N) is 2. The second-order valence-electron chi connectivity index (χ2n) is 8.05. The summed E-state index contributed by atoms with van der Waals surface area (Å²) in [5.74, 6) is -1.35. The van der Waals surface area contributed by atoms with Gasteiger partial charge in [0.1, 0.15) is 5.60 Å². The van der Waals surface area contributed by atoms with Crippen LogP contribution in [-0.2, 0) is 16.0 Å². The topological polar surface area (TPSA) is 93.5 Å². The summed E-state index contributed by atoms with van der Waals surface area (Å²) in [4.78, 5) is 27.6. The molecular formula is C20H31N3O4. The van der Waals surface area contributed by atoms with E-state index in [1.807, 2.05) is 6.20 Å². The maximum Gasteiger partial charge on any atom is 0.407 e. The van der Waals surface area contributed by atoms with Gasteiger partial charge in [0, 0.05) is 19.2 Å². The summed E-state index contributed by atoms with van der Waals surface area (Å²) in [6, 6.07) is 0.321. The molecule has 2 unspecified atom stereocenters. The highest BCUT2D eigenvalue weighted by Gasteiger charge is 2.21. The van der Waals surface area contributed by atoms with Gasteiger partial charge in [0.05, 0.1) is 24.0 Å². The molecule has 1 aliphatic carbocycles. The molecule has 2 N–H and O–H groups in total. The predicted octanol–water partition coefficient (Wildman–Crippen LogP) is 3.71. The number of hydrogen-bond donors (Lipinski definition) is 2. The lowest BCUT2D eigenvalue weighted by molar-refractivity contribution is -0.142. The van der Waals surface area contributed by atoms with E-state index in [2.05, 4.69) is 27.0 Å². The van der Waals surface area contributed by atoms with E-state index in [0.717, 1.165) is 25.0 Å². The highest BCUT2D eigenvalue weighted by molar-refractivity contribution is 5.70. The van der Waals surface area contributed by atoms with Crippen molar-refractivity contribution in [2.75, 3.05) is 6.54 Å². The number of allylic oxidation sites excluding steroid dienone is 2. The van der Waals surface area contributed by atoms with E-state index in [1.54, 1.807) is 27.1 Å². The van der Waals surface area contributed by atoms with Crippen LogP contribution in [-0.4, -0.2) is 38.9 Å². The maximum absolute atomic E-state index is 11.6. The summed E-state index contributed by atoms with van der Waals surface area (Å²) in [7, 11) is 0. The number of hydrogen-bond acceptors (Lipinski definition) is 4. The summed E-state index contributed by atoms with van der Waals surface area (Å²) in [6.07, 6.45) is 12.5. The van der Waals surface area contributed by atoms with Crippen LogP contribution in [0.1, 0.15) is 64.6 Å². The first kappa shape index (κ1) is 21.0. The zero-order valence-electron chi connectivity index (χ0n) is 16.5. The molecule has 0 saturated carbocycles. The number of ether oxygens (including phenoxy) is 1. The molecule has 1 amide bonds. The second kappa shape index (κ2) is 9.58. The fraction of sp³-hybridized carbons (Fsp3) is 0.650. The Balaban J connectivity index is 1.79. The average molecular weight is 377 g/mol. The molecule has 2 rings (SSSR count). The standard InChI is InChI=1S/C20H31N3O4/c1-20(2,3)27-19(26)21-11-7-8-15(18(24)25)12-16-13-23(14-22-16)17-9-5-4-6-10-17/h5,9,13-15,17H,4,6-8,10-12H2,1-3H3,(H,21,26)(H,24,25). The largest absolute Gasteiger partial charge is 0.481 e. The molecule has 0 spiro atoms. The van der Waals surface area contributed by atoms with Crippen molar-refractivity contribution < 1.29 is 19.4 Å². The van der Waals surface area contributed by atoms with E-state index < -0.39 is 23.6 Å². The molecule has 7 heteroatoms. The van der Waals surface area contributed by atoms with Crippen LogP contribution in [0.4, 0.5) is 4.79 Å². The van der Waals surface area contributed by atoms with Gasteiger partial charge in [-0.3, -0.25) is 4.79 Å². The van der Waals surface area contributed by atoms with Gasteiger partial charge >= 0.3 is 12.1 Å². The van der Waals surface area contributed by atoms with Crippen LogP contribution in [0.3, 0.4) is 0 Å². The van der Waals surface area contributed by atoms with Crippen LogP contribution in [0.5, 0.6) is 0 Å². The number of aliphatic carboxylic acids is 1. The summed E-state index contributed by atoms with van der Waals surface area (Å²) < 4.78 is 7.23. The number of rotatable bonds is 8. The third-order valence-electron chi connectivity index (χ3n) is 4.47. The van der Waals surface area contributed by atoms with Crippen LogP contribution in [0.2, 0.25) is 0 Å². The zero-order chi connectivity index (χ0) is 19.9. The lowest BCUT2D eigenvalue weighted by Crippen LogP contribution is -2.33. The molecule has 1 aromatic heterocycles. The van der Waals surface area contributed by atoms with E-state index in [9.17, 15) is 14.7 Å². The van der Waals surface area contributed by atoms with Crippen molar-refractivity contribution in [3.63, 3.8) is 0 Å². The number of carbonyl (C=O) groups excluding carboxylic acids is 1. The van der Waals surface area contributed by atoms with Gasteiger partial charge in [-0.25, -0.2) is 9.78 Å². The molecule has 0 aliphatic heterocycles. The molecule has 2 atom stereocenters. The normalized spacial score (nSPS) is 18.1. The van der Waals surface area contributed by atoms with E-state index in [0.29, 0.717) is 31.8 Å². The lowest BCUT2D eigenvalue weighted by atomic mass is 9.98. The van der Waals surface area contributed by atoms with Crippen molar-refractivity contribution in [1.82, 2.24) is 14.9 Å². The Hall–Kier alpha value is -2.31. The molecule has 1 aliphatic rings. The molecular weight excluding hydrogens is 346 g/mol. The van der Waals surface area contributed by atoms with E-state index in [1.165, 1.54) is 0 Å². The molecule has 1 aromatic rings. The Kier molecular flexibility index (Phi) is 7.45. The zero-order valence-corrected chi connectivity index (χ0v) is 16.5. The first-order valence-electron chi connectivity index (χ1n) is 9.63. The Bertz CT molecular complexity index is 660. The number of nitrogens with one attached hydrogen (secondary N) is 1. The highest BCUT2D eigenvalue weighted by Crippen LogP contribution is 2.23. The average Bonchev–Trinajstić information content (AvgIpc) is 3.05.